The smallest absolute Gasteiger partial charge is 0.177 e. The highest BCUT2D eigenvalue weighted by Crippen LogP contribution is 2.38. The van der Waals surface area contributed by atoms with Crippen LogP contribution in [0.1, 0.15) is 62.4 Å². The van der Waals surface area contributed by atoms with E-state index in [2.05, 4.69) is 91.1 Å². The summed E-state index contributed by atoms with van der Waals surface area (Å²) in [5.74, 6) is 1.02. The molecule has 6 nitrogen and oxygen atoms in total. The Kier molecular flexibility index (Phi) is 5.98. The Morgan fingerprint density at radius 3 is 2.26 bits per heavy atom. The first-order valence-corrected chi connectivity index (χ1v) is 11.7. The fourth-order valence-corrected chi connectivity index (χ4v) is 5.22. The molecule has 162 valence electrons. The van der Waals surface area contributed by atoms with Crippen molar-refractivity contribution in [2.24, 2.45) is 0 Å². The summed E-state index contributed by atoms with van der Waals surface area (Å²) in [6.45, 7) is 3.04. The first-order chi connectivity index (χ1) is 15.3. The molecule has 2 fully saturated rings. The third kappa shape index (κ3) is 4.49. The van der Waals surface area contributed by atoms with Gasteiger partial charge in [0.15, 0.2) is 5.82 Å². The molecular weight excluding hydrogens is 384 g/mol. The van der Waals surface area contributed by atoms with Crippen LogP contribution in [0, 0.1) is 0 Å². The largest absolute Gasteiger partial charge is 0.372 e. The molecule has 1 saturated heterocycles. The molecule has 1 N–H and O–H groups in total. The van der Waals surface area contributed by atoms with Crippen LogP contribution < -0.4 is 5.32 Å². The summed E-state index contributed by atoms with van der Waals surface area (Å²) in [4.78, 5) is 2.55. The molecule has 1 aliphatic heterocycles. The molecule has 0 unspecified atom stereocenters. The Labute approximate surface area is 184 Å². The van der Waals surface area contributed by atoms with Gasteiger partial charge in [0.25, 0.3) is 0 Å². The second kappa shape index (κ2) is 9.18. The summed E-state index contributed by atoms with van der Waals surface area (Å²) >= 11 is 0. The van der Waals surface area contributed by atoms with Gasteiger partial charge in [0, 0.05) is 25.3 Å². The molecule has 31 heavy (non-hydrogen) atoms. The molecule has 0 spiro atoms. The number of hydrogen-bond acceptors (Lipinski definition) is 5. The number of nitrogens with one attached hydrogen (secondary N) is 1. The van der Waals surface area contributed by atoms with E-state index in [-0.39, 0.29) is 5.54 Å². The zero-order valence-electron chi connectivity index (χ0n) is 18.2. The summed E-state index contributed by atoms with van der Waals surface area (Å²) in [6, 6.07) is 21.7. The van der Waals surface area contributed by atoms with E-state index in [0.717, 1.165) is 44.0 Å². The van der Waals surface area contributed by atoms with Crippen molar-refractivity contribution < 1.29 is 0 Å². The minimum Gasteiger partial charge on any atom is -0.372 e. The quantitative estimate of drug-likeness (QED) is 0.627. The van der Waals surface area contributed by atoms with Crippen LogP contribution in [0.2, 0.25) is 0 Å². The number of tetrazole rings is 1. The Hall–Kier alpha value is -2.73. The number of aromatic nitrogens is 4. The highest BCUT2D eigenvalue weighted by molar-refractivity contribution is 5.46. The van der Waals surface area contributed by atoms with E-state index in [1.54, 1.807) is 0 Å². The molecule has 3 aromatic rings. The van der Waals surface area contributed by atoms with Gasteiger partial charge in [0.1, 0.15) is 5.54 Å². The van der Waals surface area contributed by atoms with Crippen LogP contribution in [0.3, 0.4) is 0 Å². The molecule has 2 aliphatic rings. The molecule has 2 aromatic carbocycles. The Bertz CT molecular complexity index is 940. The van der Waals surface area contributed by atoms with Crippen molar-refractivity contribution in [2.75, 3.05) is 18.4 Å². The van der Waals surface area contributed by atoms with Crippen molar-refractivity contribution in [1.29, 1.82) is 0 Å². The average Bonchev–Trinajstić information content (AvgIpc) is 3.33. The highest BCUT2D eigenvalue weighted by atomic mass is 15.6. The molecule has 1 aromatic heterocycles. The topological polar surface area (TPSA) is 58.9 Å². The lowest BCUT2D eigenvalue weighted by Crippen LogP contribution is -2.48. The second-order valence-corrected chi connectivity index (χ2v) is 9.07. The fourth-order valence-electron chi connectivity index (χ4n) is 5.22. The molecule has 1 aliphatic carbocycles. The lowest BCUT2D eigenvalue weighted by molar-refractivity contribution is 0.154. The Morgan fingerprint density at radius 1 is 0.871 bits per heavy atom. The van der Waals surface area contributed by atoms with Crippen LogP contribution in [-0.4, -0.2) is 38.2 Å². The van der Waals surface area contributed by atoms with Gasteiger partial charge >= 0.3 is 0 Å². The summed E-state index contributed by atoms with van der Waals surface area (Å²) in [5, 5.41) is 17.1. The fraction of sp³-hybridized carbons (Fsp3) is 0.480. The molecule has 1 saturated carbocycles. The molecule has 6 heteroatoms. The maximum absolute atomic E-state index is 4.61. The number of anilines is 1. The van der Waals surface area contributed by atoms with Crippen LogP contribution in [-0.2, 0) is 12.1 Å². The van der Waals surface area contributed by atoms with Gasteiger partial charge in [0.05, 0.1) is 6.04 Å². The first-order valence-electron chi connectivity index (χ1n) is 11.7. The lowest BCUT2D eigenvalue weighted by atomic mass is 9.85. The first kappa shape index (κ1) is 20.2. The van der Waals surface area contributed by atoms with E-state index in [1.165, 1.54) is 37.7 Å². The van der Waals surface area contributed by atoms with E-state index in [1.807, 2.05) is 0 Å². The molecule has 0 atom stereocenters. The summed E-state index contributed by atoms with van der Waals surface area (Å²) < 4.78 is 2.15. The molecular formula is C25H32N6. The van der Waals surface area contributed by atoms with Crippen LogP contribution in [0.5, 0.6) is 0 Å². The van der Waals surface area contributed by atoms with E-state index in [4.69, 9.17) is 0 Å². The highest BCUT2D eigenvalue weighted by Gasteiger charge is 2.42. The van der Waals surface area contributed by atoms with Crippen LogP contribution in [0.4, 0.5) is 5.69 Å². The monoisotopic (exact) mass is 416 g/mol. The summed E-state index contributed by atoms with van der Waals surface area (Å²) in [5.41, 5.74) is 2.27. The number of nitrogens with zero attached hydrogens (tertiary/aromatic N) is 5. The van der Waals surface area contributed by atoms with Gasteiger partial charge in [-0.3, -0.25) is 4.90 Å². The zero-order chi connectivity index (χ0) is 20.9. The van der Waals surface area contributed by atoms with Gasteiger partial charge in [-0.2, -0.15) is 0 Å². The van der Waals surface area contributed by atoms with E-state index < -0.39 is 0 Å². The Morgan fingerprint density at radius 2 is 1.55 bits per heavy atom. The molecule has 5 rings (SSSR count). The summed E-state index contributed by atoms with van der Waals surface area (Å²) in [7, 11) is 0. The molecule has 2 heterocycles. The van der Waals surface area contributed by atoms with Crippen molar-refractivity contribution >= 4 is 5.69 Å². The van der Waals surface area contributed by atoms with Gasteiger partial charge < -0.3 is 5.32 Å². The van der Waals surface area contributed by atoms with Crippen LogP contribution in [0.15, 0.2) is 60.7 Å². The van der Waals surface area contributed by atoms with Crippen LogP contribution in [0.25, 0.3) is 0 Å². The number of benzene rings is 2. The van der Waals surface area contributed by atoms with Crippen molar-refractivity contribution in [3.8, 4) is 0 Å². The predicted octanol–water partition coefficient (Wildman–Crippen LogP) is 4.78. The minimum atomic E-state index is -0.241. The number of rotatable bonds is 6. The number of likely N-dealkylation sites (tertiary alicyclic amines) is 1. The van der Waals surface area contributed by atoms with E-state index in [9.17, 15) is 0 Å². The zero-order valence-corrected chi connectivity index (χ0v) is 18.2. The lowest BCUT2D eigenvalue weighted by Gasteiger charge is -2.42. The number of para-hydroxylation sites is 1. The number of piperidine rings is 1. The van der Waals surface area contributed by atoms with E-state index >= 15 is 0 Å². The van der Waals surface area contributed by atoms with E-state index in [0.29, 0.717) is 6.04 Å². The SMILES string of the molecule is c1ccc(CN2CCC(Nc3ccccc3)(c3nnnn3C3CCCCC3)CC2)cc1. The van der Waals surface area contributed by atoms with Crippen molar-refractivity contribution in [1.82, 2.24) is 25.1 Å². The molecule has 0 bridgehead atoms. The van der Waals surface area contributed by atoms with Crippen molar-refractivity contribution in [3.05, 3.63) is 72.1 Å². The number of hydrogen-bond donors (Lipinski definition) is 1. The maximum Gasteiger partial charge on any atom is 0.177 e. The minimum absolute atomic E-state index is 0.241. The maximum atomic E-state index is 4.61. The van der Waals surface area contributed by atoms with Crippen molar-refractivity contribution in [2.45, 2.75) is 63.1 Å². The average molecular weight is 417 g/mol. The molecule has 0 amide bonds. The van der Waals surface area contributed by atoms with Crippen molar-refractivity contribution in [3.63, 3.8) is 0 Å². The second-order valence-electron chi connectivity index (χ2n) is 9.07. The third-order valence-electron chi connectivity index (χ3n) is 6.96. The van der Waals surface area contributed by atoms with Gasteiger partial charge in [-0.25, -0.2) is 4.68 Å². The predicted molar refractivity (Wildman–Crippen MR) is 123 cm³/mol. The molecule has 0 radical (unpaired) electrons. The summed E-state index contributed by atoms with van der Waals surface area (Å²) in [6.07, 6.45) is 8.21. The Balaban J connectivity index is 1.40. The van der Waals surface area contributed by atoms with Gasteiger partial charge in [0.2, 0.25) is 0 Å². The van der Waals surface area contributed by atoms with Crippen LogP contribution >= 0.6 is 0 Å². The standard InChI is InChI=1S/C25H32N6/c1-4-10-21(11-5-1)20-30-18-16-25(17-19-30,26-22-12-6-2-7-13-22)24-27-28-29-31(24)23-14-8-3-9-15-23/h1-2,4-7,10-13,23,26H,3,8-9,14-20H2. The van der Waals surface area contributed by atoms with Gasteiger partial charge in [-0.1, -0.05) is 67.8 Å². The third-order valence-corrected chi connectivity index (χ3v) is 6.96. The van der Waals surface area contributed by atoms with Gasteiger partial charge in [-0.05, 0) is 53.8 Å². The normalized spacial score (nSPS) is 19.9. The van der Waals surface area contributed by atoms with Gasteiger partial charge in [-0.15, -0.1) is 5.10 Å².